The summed E-state index contributed by atoms with van der Waals surface area (Å²) in [6.07, 6.45) is 4.55. The van der Waals surface area contributed by atoms with Crippen LogP contribution in [0.1, 0.15) is 31.7 Å². The van der Waals surface area contributed by atoms with E-state index in [2.05, 4.69) is 6.92 Å². The van der Waals surface area contributed by atoms with Crippen LogP contribution in [0.2, 0.25) is 5.02 Å². The maximum Gasteiger partial charge on any atom is 0.169 e. The number of hydrogen-bond acceptors (Lipinski definition) is 2. The standard InChI is InChI=1S/C17H19ClO2/c1-2-3-4-5-13-6-11-17(16(19)12-13)20-15-9-7-14(18)8-10-15/h6-12,19H,2-5H2,1H3. The number of phenolic OH excluding ortho intramolecular Hbond substituents is 1. The summed E-state index contributed by atoms with van der Waals surface area (Å²) in [5, 5.41) is 10.7. The molecule has 0 atom stereocenters. The number of aromatic hydroxyl groups is 1. The normalized spacial score (nSPS) is 10.5. The Morgan fingerprint density at radius 1 is 1.05 bits per heavy atom. The number of rotatable bonds is 6. The largest absolute Gasteiger partial charge is 0.504 e. The minimum Gasteiger partial charge on any atom is -0.504 e. The predicted molar refractivity (Wildman–Crippen MR) is 82.9 cm³/mol. The number of halogens is 1. The summed E-state index contributed by atoms with van der Waals surface area (Å²) in [4.78, 5) is 0. The number of aryl methyl sites for hydroxylation is 1. The van der Waals surface area contributed by atoms with Crippen molar-refractivity contribution in [3.63, 3.8) is 0 Å². The molecule has 0 heterocycles. The minimum absolute atomic E-state index is 0.175. The Balaban J connectivity index is 2.03. The zero-order valence-electron chi connectivity index (χ0n) is 11.6. The molecular weight excluding hydrogens is 272 g/mol. The molecule has 0 saturated carbocycles. The van der Waals surface area contributed by atoms with Gasteiger partial charge in [-0.1, -0.05) is 37.4 Å². The van der Waals surface area contributed by atoms with Gasteiger partial charge >= 0.3 is 0 Å². The molecule has 2 nitrogen and oxygen atoms in total. The van der Waals surface area contributed by atoms with E-state index in [0.29, 0.717) is 16.5 Å². The van der Waals surface area contributed by atoms with E-state index in [0.717, 1.165) is 18.4 Å². The molecule has 0 spiro atoms. The maximum absolute atomic E-state index is 10.0. The average Bonchev–Trinajstić information content (AvgIpc) is 2.44. The molecule has 2 rings (SSSR count). The summed E-state index contributed by atoms with van der Waals surface area (Å²) < 4.78 is 5.64. The van der Waals surface area contributed by atoms with Crippen LogP contribution in [-0.4, -0.2) is 5.11 Å². The predicted octanol–water partition coefficient (Wildman–Crippen LogP) is 5.57. The van der Waals surface area contributed by atoms with Crippen LogP contribution in [0, 0.1) is 0 Å². The number of phenols is 1. The van der Waals surface area contributed by atoms with Crippen molar-refractivity contribution >= 4 is 11.6 Å². The highest BCUT2D eigenvalue weighted by molar-refractivity contribution is 6.30. The first-order valence-corrected chi connectivity index (χ1v) is 7.32. The van der Waals surface area contributed by atoms with E-state index < -0.39 is 0 Å². The summed E-state index contributed by atoms with van der Waals surface area (Å²) in [5.74, 6) is 1.30. The second-order valence-corrected chi connectivity index (χ2v) is 5.25. The summed E-state index contributed by atoms with van der Waals surface area (Å²) in [6.45, 7) is 2.18. The molecular formula is C17H19ClO2. The molecule has 1 N–H and O–H groups in total. The van der Waals surface area contributed by atoms with E-state index in [1.807, 2.05) is 12.1 Å². The Hall–Kier alpha value is -1.67. The van der Waals surface area contributed by atoms with Gasteiger partial charge in [0.15, 0.2) is 11.5 Å². The number of benzene rings is 2. The Morgan fingerprint density at radius 3 is 2.45 bits per heavy atom. The quantitative estimate of drug-likeness (QED) is 0.705. The zero-order chi connectivity index (χ0) is 14.4. The highest BCUT2D eigenvalue weighted by Crippen LogP contribution is 2.32. The molecule has 0 saturated heterocycles. The van der Waals surface area contributed by atoms with Crippen LogP contribution in [0.4, 0.5) is 0 Å². The lowest BCUT2D eigenvalue weighted by molar-refractivity contribution is 0.410. The second kappa shape index (κ2) is 7.20. The highest BCUT2D eigenvalue weighted by atomic mass is 35.5. The van der Waals surface area contributed by atoms with Gasteiger partial charge in [-0.2, -0.15) is 0 Å². The van der Waals surface area contributed by atoms with Crippen molar-refractivity contribution in [1.29, 1.82) is 0 Å². The van der Waals surface area contributed by atoms with Gasteiger partial charge in [0.05, 0.1) is 0 Å². The third-order valence-electron chi connectivity index (χ3n) is 3.13. The van der Waals surface area contributed by atoms with Gasteiger partial charge in [0, 0.05) is 5.02 Å². The van der Waals surface area contributed by atoms with E-state index in [1.165, 1.54) is 12.8 Å². The fourth-order valence-corrected chi connectivity index (χ4v) is 2.14. The van der Waals surface area contributed by atoms with Gasteiger partial charge in [0.2, 0.25) is 0 Å². The van der Waals surface area contributed by atoms with E-state index in [4.69, 9.17) is 16.3 Å². The molecule has 2 aromatic carbocycles. The lowest BCUT2D eigenvalue weighted by atomic mass is 10.1. The van der Waals surface area contributed by atoms with Gasteiger partial charge in [0.1, 0.15) is 5.75 Å². The lowest BCUT2D eigenvalue weighted by Gasteiger charge is -2.09. The van der Waals surface area contributed by atoms with E-state index >= 15 is 0 Å². The maximum atomic E-state index is 10.0. The summed E-state index contributed by atoms with van der Waals surface area (Å²) in [6, 6.07) is 12.7. The van der Waals surface area contributed by atoms with E-state index in [-0.39, 0.29) is 5.75 Å². The molecule has 0 aliphatic heterocycles. The molecule has 3 heteroatoms. The topological polar surface area (TPSA) is 29.5 Å². The monoisotopic (exact) mass is 290 g/mol. The first-order valence-electron chi connectivity index (χ1n) is 6.94. The molecule has 2 aromatic rings. The Bertz CT molecular complexity index is 549. The van der Waals surface area contributed by atoms with Gasteiger partial charge < -0.3 is 9.84 Å². The molecule has 0 aromatic heterocycles. The molecule has 0 aliphatic carbocycles. The third kappa shape index (κ3) is 4.17. The molecule has 106 valence electrons. The average molecular weight is 291 g/mol. The molecule has 0 bridgehead atoms. The van der Waals surface area contributed by atoms with Crippen molar-refractivity contribution in [2.24, 2.45) is 0 Å². The van der Waals surface area contributed by atoms with Crippen LogP contribution in [0.25, 0.3) is 0 Å². The summed E-state index contributed by atoms with van der Waals surface area (Å²) >= 11 is 5.82. The fraction of sp³-hybridized carbons (Fsp3) is 0.294. The number of unbranched alkanes of at least 4 members (excludes halogenated alkanes) is 2. The number of ether oxygens (including phenoxy) is 1. The van der Waals surface area contributed by atoms with E-state index in [1.54, 1.807) is 30.3 Å². The van der Waals surface area contributed by atoms with Crippen LogP contribution < -0.4 is 4.74 Å². The summed E-state index contributed by atoms with van der Waals surface area (Å²) in [5.41, 5.74) is 1.14. The van der Waals surface area contributed by atoms with Crippen molar-refractivity contribution in [3.05, 3.63) is 53.1 Å². The molecule has 20 heavy (non-hydrogen) atoms. The molecule has 0 fully saturated rings. The Labute approximate surface area is 125 Å². The van der Waals surface area contributed by atoms with Crippen LogP contribution in [0.3, 0.4) is 0 Å². The second-order valence-electron chi connectivity index (χ2n) is 4.82. The molecule has 0 aliphatic rings. The first-order chi connectivity index (χ1) is 9.69. The fourth-order valence-electron chi connectivity index (χ4n) is 2.01. The third-order valence-corrected chi connectivity index (χ3v) is 3.39. The molecule has 0 amide bonds. The van der Waals surface area contributed by atoms with Crippen LogP contribution >= 0.6 is 11.6 Å². The van der Waals surface area contributed by atoms with Gasteiger partial charge in [-0.3, -0.25) is 0 Å². The lowest BCUT2D eigenvalue weighted by Crippen LogP contribution is -1.88. The first kappa shape index (κ1) is 14.7. The van der Waals surface area contributed by atoms with Crippen LogP contribution in [0.5, 0.6) is 17.2 Å². The molecule has 0 unspecified atom stereocenters. The van der Waals surface area contributed by atoms with Gasteiger partial charge in [0.25, 0.3) is 0 Å². The highest BCUT2D eigenvalue weighted by Gasteiger charge is 2.05. The van der Waals surface area contributed by atoms with E-state index in [9.17, 15) is 5.11 Å². The number of hydrogen-bond donors (Lipinski definition) is 1. The van der Waals surface area contributed by atoms with Crippen molar-refractivity contribution in [2.45, 2.75) is 32.6 Å². The Morgan fingerprint density at radius 2 is 1.80 bits per heavy atom. The summed E-state index contributed by atoms with van der Waals surface area (Å²) in [7, 11) is 0. The van der Waals surface area contributed by atoms with Crippen LogP contribution in [0.15, 0.2) is 42.5 Å². The van der Waals surface area contributed by atoms with Crippen molar-refractivity contribution in [1.82, 2.24) is 0 Å². The minimum atomic E-state index is 0.175. The van der Waals surface area contributed by atoms with Crippen molar-refractivity contribution < 1.29 is 9.84 Å². The van der Waals surface area contributed by atoms with Gasteiger partial charge in [-0.25, -0.2) is 0 Å². The zero-order valence-corrected chi connectivity index (χ0v) is 12.4. The van der Waals surface area contributed by atoms with Gasteiger partial charge in [-0.05, 0) is 54.8 Å². The smallest absolute Gasteiger partial charge is 0.169 e. The van der Waals surface area contributed by atoms with Crippen LogP contribution in [-0.2, 0) is 6.42 Å². The van der Waals surface area contributed by atoms with Crippen molar-refractivity contribution in [2.75, 3.05) is 0 Å². The Kier molecular flexibility index (Phi) is 5.31. The van der Waals surface area contributed by atoms with Gasteiger partial charge in [-0.15, -0.1) is 0 Å². The SMILES string of the molecule is CCCCCc1ccc(Oc2ccc(Cl)cc2)c(O)c1. The van der Waals surface area contributed by atoms with Crippen molar-refractivity contribution in [3.8, 4) is 17.2 Å². The molecule has 0 radical (unpaired) electrons.